The summed E-state index contributed by atoms with van der Waals surface area (Å²) in [4.78, 5) is 0. The molecule has 1 aliphatic heterocycles. The van der Waals surface area contributed by atoms with Gasteiger partial charge in [-0.1, -0.05) is 24.3 Å². The molecule has 1 aromatic rings. The fourth-order valence-corrected chi connectivity index (χ4v) is 2.11. The first-order chi connectivity index (χ1) is 7.78. The van der Waals surface area contributed by atoms with Crippen molar-refractivity contribution in [3.8, 4) is 0 Å². The van der Waals surface area contributed by atoms with Crippen molar-refractivity contribution < 1.29 is 9.47 Å². The van der Waals surface area contributed by atoms with Crippen LogP contribution in [-0.4, -0.2) is 32.9 Å². The molecule has 0 bridgehead atoms. The van der Waals surface area contributed by atoms with Crippen LogP contribution in [0.5, 0.6) is 0 Å². The Morgan fingerprint density at radius 1 is 1.25 bits per heavy atom. The normalized spacial score (nSPS) is 18.1. The minimum Gasteiger partial charge on any atom is -0.380 e. The molecule has 0 spiro atoms. The molecule has 0 saturated carbocycles. The van der Waals surface area contributed by atoms with E-state index in [9.17, 15) is 0 Å². The first-order valence-corrected chi connectivity index (χ1v) is 5.61. The highest BCUT2D eigenvalue weighted by atomic mass is 16.5. The Kier molecular flexibility index (Phi) is 3.59. The van der Waals surface area contributed by atoms with E-state index in [1.807, 2.05) is 0 Å². The summed E-state index contributed by atoms with van der Waals surface area (Å²) in [7, 11) is 3.51. The lowest BCUT2D eigenvalue weighted by atomic mass is 9.88. The van der Waals surface area contributed by atoms with Crippen molar-refractivity contribution in [2.45, 2.75) is 18.6 Å². The predicted molar refractivity (Wildman–Crippen MR) is 63.5 cm³/mol. The first-order valence-electron chi connectivity index (χ1n) is 5.61. The molecule has 0 aliphatic carbocycles. The third kappa shape index (κ3) is 2.43. The summed E-state index contributed by atoms with van der Waals surface area (Å²) in [6, 6.07) is 8.52. The summed E-state index contributed by atoms with van der Waals surface area (Å²) in [5.41, 5.74) is 2.54. The monoisotopic (exact) mass is 221 g/mol. The van der Waals surface area contributed by atoms with Crippen molar-refractivity contribution in [1.82, 2.24) is 5.32 Å². The Labute approximate surface area is 96.8 Å². The van der Waals surface area contributed by atoms with Crippen molar-refractivity contribution >= 4 is 0 Å². The molecule has 1 saturated heterocycles. The summed E-state index contributed by atoms with van der Waals surface area (Å²) >= 11 is 0. The molecule has 2 rings (SSSR count). The molecule has 1 heterocycles. The molecule has 0 aromatic heterocycles. The zero-order valence-corrected chi connectivity index (χ0v) is 9.95. The third-order valence-electron chi connectivity index (χ3n) is 3.16. The van der Waals surface area contributed by atoms with Gasteiger partial charge in [-0.25, -0.2) is 0 Å². The van der Waals surface area contributed by atoms with Crippen LogP contribution in [0.25, 0.3) is 0 Å². The number of methoxy groups -OCH3 is 2. The topological polar surface area (TPSA) is 30.5 Å². The molecule has 0 amide bonds. The molecule has 0 atom stereocenters. The fourth-order valence-electron chi connectivity index (χ4n) is 2.11. The van der Waals surface area contributed by atoms with E-state index in [0.29, 0.717) is 6.61 Å². The summed E-state index contributed by atoms with van der Waals surface area (Å²) in [6.45, 7) is 2.56. The smallest absolute Gasteiger partial charge is 0.0966 e. The van der Waals surface area contributed by atoms with Gasteiger partial charge >= 0.3 is 0 Å². The average molecular weight is 221 g/mol. The van der Waals surface area contributed by atoms with Crippen LogP contribution in [0.2, 0.25) is 0 Å². The van der Waals surface area contributed by atoms with Gasteiger partial charge in [0, 0.05) is 33.7 Å². The molecule has 88 valence electrons. The van der Waals surface area contributed by atoms with Gasteiger partial charge < -0.3 is 14.8 Å². The third-order valence-corrected chi connectivity index (χ3v) is 3.16. The highest BCUT2D eigenvalue weighted by Crippen LogP contribution is 2.22. The minimum atomic E-state index is 0.00565. The lowest BCUT2D eigenvalue weighted by Gasteiger charge is -2.41. The van der Waals surface area contributed by atoms with Crippen LogP contribution >= 0.6 is 0 Å². The number of benzene rings is 1. The van der Waals surface area contributed by atoms with Gasteiger partial charge in [0.2, 0.25) is 0 Å². The van der Waals surface area contributed by atoms with Crippen LogP contribution in [0.4, 0.5) is 0 Å². The van der Waals surface area contributed by atoms with Crippen LogP contribution in [-0.2, 0) is 22.5 Å². The maximum atomic E-state index is 5.58. The van der Waals surface area contributed by atoms with Crippen LogP contribution in [0.3, 0.4) is 0 Å². The lowest BCUT2D eigenvalue weighted by molar-refractivity contribution is -0.0502. The quantitative estimate of drug-likeness (QED) is 0.814. The number of ether oxygens (including phenoxy) is 2. The predicted octanol–water partition coefficient (Wildman–Crippen LogP) is 1.36. The van der Waals surface area contributed by atoms with Crippen molar-refractivity contribution in [2.24, 2.45) is 0 Å². The van der Waals surface area contributed by atoms with E-state index in [4.69, 9.17) is 9.47 Å². The summed E-state index contributed by atoms with van der Waals surface area (Å²) < 4.78 is 10.7. The molecule has 1 aromatic carbocycles. The molecule has 1 aliphatic rings. The Hall–Kier alpha value is -0.900. The Morgan fingerprint density at radius 2 is 2.00 bits per heavy atom. The number of rotatable bonds is 5. The average Bonchev–Trinajstić information content (AvgIpc) is 2.25. The molecule has 0 unspecified atom stereocenters. The Balaban J connectivity index is 2.05. The zero-order chi connectivity index (χ0) is 11.4. The molecule has 1 fully saturated rings. The van der Waals surface area contributed by atoms with E-state index < -0.39 is 0 Å². The SMILES string of the molecule is COCc1cccc(CC2(OC)CNC2)c1. The van der Waals surface area contributed by atoms with Gasteiger partial charge in [0.05, 0.1) is 12.2 Å². The molecule has 1 N–H and O–H groups in total. The van der Waals surface area contributed by atoms with Crippen molar-refractivity contribution in [1.29, 1.82) is 0 Å². The summed E-state index contributed by atoms with van der Waals surface area (Å²) in [5, 5.41) is 3.26. The van der Waals surface area contributed by atoms with E-state index in [0.717, 1.165) is 19.5 Å². The van der Waals surface area contributed by atoms with E-state index in [2.05, 4.69) is 29.6 Å². The minimum absolute atomic E-state index is 0.00565. The van der Waals surface area contributed by atoms with Gasteiger partial charge in [0.25, 0.3) is 0 Å². The first kappa shape index (κ1) is 11.6. The summed E-state index contributed by atoms with van der Waals surface area (Å²) in [5.74, 6) is 0. The summed E-state index contributed by atoms with van der Waals surface area (Å²) in [6.07, 6.45) is 0.966. The molecular weight excluding hydrogens is 202 g/mol. The molecule has 3 heteroatoms. The van der Waals surface area contributed by atoms with E-state index in [1.165, 1.54) is 11.1 Å². The van der Waals surface area contributed by atoms with Crippen LogP contribution in [0.15, 0.2) is 24.3 Å². The van der Waals surface area contributed by atoms with Gasteiger partial charge in [-0.3, -0.25) is 0 Å². The van der Waals surface area contributed by atoms with Crippen molar-refractivity contribution in [2.75, 3.05) is 27.3 Å². The van der Waals surface area contributed by atoms with Gasteiger partial charge in [0.15, 0.2) is 0 Å². The molecule has 3 nitrogen and oxygen atoms in total. The zero-order valence-electron chi connectivity index (χ0n) is 9.95. The molecular formula is C13H19NO2. The van der Waals surface area contributed by atoms with E-state index in [1.54, 1.807) is 14.2 Å². The largest absolute Gasteiger partial charge is 0.380 e. The van der Waals surface area contributed by atoms with E-state index >= 15 is 0 Å². The van der Waals surface area contributed by atoms with Gasteiger partial charge in [0.1, 0.15) is 0 Å². The van der Waals surface area contributed by atoms with E-state index in [-0.39, 0.29) is 5.60 Å². The second-order valence-electron chi connectivity index (χ2n) is 4.42. The number of hydrogen-bond donors (Lipinski definition) is 1. The second-order valence-corrected chi connectivity index (χ2v) is 4.42. The number of hydrogen-bond acceptors (Lipinski definition) is 3. The van der Waals surface area contributed by atoms with Crippen molar-refractivity contribution in [3.63, 3.8) is 0 Å². The highest BCUT2D eigenvalue weighted by Gasteiger charge is 2.36. The number of nitrogens with one attached hydrogen (secondary N) is 1. The van der Waals surface area contributed by atoms with Crippen LogP contribution in [0, 0.1) is 0 Å². The Morgan fingerprint density at radius 3 is 2.56 bits per heavy atom. The Bertz CT molecular complexity index is 342. The molecule has 16 heavy (non-hydrogen) atoms. The maximum absolute atomic E-state index is 5.58. The fraction of sp³-hybridized carbons (Fsp3) is 0.538. The second kappa shape index (κ2) is 4.95. The van der Waals surface area contributed by atoms with Crippen LogP contribution in [0.1, 0.15) is 11.1 Å². The van der Waals surface area contributed by atoms with Crippen molar-refractivity contribution in [3.05, 3.63) is 35.4 Å². The lowest BCUT2D eigenvalue weighted by Crippen LogP contribution is -2.61. The molecule has 0 radical (unpaired) electrons. The standard InChI is InChI=1S/C13H19NO2/c1-15-8-12-5-3-4-11(6-12)7-13(16-2)9-14-10-13/h3-6,14H,7-10H2,1-2H3. The van der Waals surface area contributed by atoms with Gasteiger partial charge in [-0.15, -0.1) is 0 Å². The van der Waals surface area contributed by atoms with Gasteiger partial charge in [-0.05, 0) is 11.1 Å². The van der Waals surface area contributed by atoms with Crippen LogP contribution < -0.4 is 5.32 Å². The van der Waals surface area contributed by atoms with Gasteiger partial charge in [-0.2, -0.15) is 0 Å². The maximum Gasteiger partial charge on any atom is 0.0966 e. The highest BCUT2D eigenvalue weighted by molar-refractivity contribution is 5.25.